The molecule has 0 aliphatic carbocycles. The molecule has 0 aliphatic heterocycles. The van der Waals surface area contributed by atoms with Crippen molar-refractivity contribution >= 4 is 5.95 Å². The Bertz CT molecular complexity index is 392. The van der Waals surface area contributed by atoms with Crippen LogP contribution in [0.15, 0.2) is 17.5 Å². The highest BCUT2D eigenvalue weighted by Gasteiger charge is 1.90. The van der Waals surface area contributed by atoms with Crippen LogP contribution in [0.1, 0.15) is 5.56 Å². The van der Waals surface area contributed by atoms with Crippen molar-refractivity contribution < 1.29 is 0 Å². The fourth-order valence-corrected chi connectivity index (χ4v) is 0.730. The number of nitrogens with one attached hydrogen (secondary N) is 1. The molecule has 0 unspecified atom stereocenters. The number of hydrogen-bond donors (Lipinski definition) is 1. The van der Waals surface area contributed by atoms with E-state index in [1.165, 1.54) is 0 Å². The minimum absolute atomic E-state index is 0.157. The average molecular weight is 188 g/mol. The van der Waals surface area contributed by atoms with Crippen molar-refractivity contribution in [3.8, 4) is 11.8 Å². The molecule has 1 aromatic rings. The van der Waals surface area contributed by atoms with Crippen molar-refractivity contribution in [1.29, 1.82) is 0 Å². The highest BCUT2D eigenvalue weighted by molar-refractivity contribution is 5.33. The molecule has 0 amide bonds. The van der Waals surface area contributed by atoms with Crippen LogP contribution in [0.5, 0.6) is 0 Å². The maximum atomic E-state index is 7.99. The number of nitrogens with zero attached hydrogens (tertiary/aromatic N) is 5. The lowest BCUT2D eigenvalue weighted by molar-refractivity contribution is 1.14. The SMILES string of the molecule is CNc1ncc(C#CCN=[N+]=[N-])cn1. The van der Waals surface area contributed by atoms with Gasteiger partial charge in [0.25, 0.3) is 0 Å². The predicted molar refractivity (Wildman–Crippen MR) is 52.5 cm³/mol. The molecule has 0 radical (unpaired) electrons. The van der Waals surface area contributed by atoms with Gasteiger partial charge in [-0.3, -0.25) is 0 Å². The zero-order chi connectivity index (χ0) is 10.2. The zero-order valence-corrected chi connectivity index (χ0v) is 7.60. The monoisotopic (exact) mass is 188 g/mol. The van der Waals surface area contributed by atoms with Gasteiger partial charge in [0.2, 0.25) is 5.95 Å². The van der Waals surface area contributed by atoms with Crippen LogP contribution in [0.25, 0.3) is 10.4 Å². The molecular weight excluding hydrogens is 180 g/mol. The normalized spacial score (nSPS) is 8.07. The zero-order valence-electron chi connectivity index (χ0n) is 7.60. The summed E-state index contributed by atoms with van der Waals surface area (Å²) in [6.45, 7) is 0.157. The smallest absolute Gasteiger partial charge is 0.222 e. The van der Waals surface area contributed by atoms with E-state index in [4.69, 9.17) is 5.53 Å². The van der Waals surface area contributed by atoms with Crippen LogP contribution in [0, 0.1) is 11.8 Å². The van der Waals surface area contributed by atoms with Crippen LogP contribution < -0.4 is 5.32 Å². The molecule has 0 fully saturated rings. The second-order valence-electron chi connectivity index (χ2n) is 2.24. The minimum atomic E-state index is 0.157. The molecule has 0 saturated carbocycles. The highest BCUT2D eigenvalue weighted by Crippen LogP contribution is 1.96. The van der Waals surface area contributed by atoms with Crippen LogP contribution >= 0.6 is 0 Å². The number of aromatic nitrogens is 2. The summed E-state index contributed by atoms with van der Waals surface area (Å²) < 4.78 is 0. The largest absolute Gasteiger partial charge is 0.357 e. The van der Waals surface area contributed by atoms with Gasteiger partial charge in [-0.05, 0) is 5.53 Å². The summed E-state index contributed by atoms with van der Waals surface area (Å²) in [5.41, 5.74) is 8.68. The van der Waals surface area contributed by atoms with Gasteiger partial charge in [-0.1, -0.05) is 17.0 Å². The standard InChI is InChI=1S/C8H8N6/c1-10-8-11-5-7(6-12-8)3-2-4-13-14-9/h5-6H,4H2,1H3,(H,10,11,12). The van der Waals surface area contributed by atoms with E-state index in [0.717, 1.165) is 0 Å². The third-order valence-corrected chi connectivity index (χ3v) is 1.32. The Morgan fingerprint density at radius 2 is 2.29 bits per heavy atom. The number of hydrogen-bond acceptors (Lipinski definition) is 4. The molecule has 1 heterocycles. The first-order valence-electron chi connectivity index (χ1n) is 3.86. The molecule has 0 spiro atoms. The van der Waals surface area contributed by atoms with Crippen LogP contribution in [0.3, 0.4) is 0 Å². The van der Waals surface area contributed by atoms with Crippen molar-refractivity contribution in [2.24, 2.45) is 5.11 Å². The summed E-state index contributed by atoms with van der Waals surface area (Å²) in [5, 5.41) is 6.07. The van der Waals surface area contributed by atoms with Gasteiger partial charge < -0.3 is 5.32 Å². The van der Waals surface area contributed by atoms with E-state index in [1.54, 1.807) is 19.4 Å². The predicted octanol–water partition coefficient (Wildman–Crippen LogP) is 1.18. The van der Waals surface area contributed by atoms with E-state index in [9.17, 15) is 0 Å². The summed E-state index contributed by atoms with van der Waals surface area (Å²) in [5.74, 6) is 5.98. The summed E-state index contributed by atoms with van der Waals surface area (Å²) >= 11 is 0. The van der Waals surface area contributed by atoms with Crippen molar-refractivity contribution in [2.45, 2.75) is 0 Å². The lowest BCUT2D eigenvalue weighted by Crippen LogP contribution is -1.95. The fourth-order valence-electron chi connectivity index (χ4n) is 0.730. The maximum Gasteiger partial charge on any atom is 0.222 e. The van der Waals surface area contributed by atoms with Gasteiger partial charge >= 0.3 is 0 Å². The van der Waals surface area contributed by atoms with Gasteiger partial charge in [0, 0.05) is 24.4 Å². The van der Waals surface area contributed by atoms with Crippen molar-refractivity contribution in [3.05, 3.63) is 28.4 Å². The molecule has 0 aromatic carbocycles. The van der Waals surface area contributed by atoms with Crippen molar-refractivity contribution in [3.63, 3.8) is 0 Å². The lowest BCUT2D eigenvalue weighted by Gasteiger charge is -1.94. The number of anilines is 1. The minimum Gasteiger partial charge on any atom is -0.357 e. The van der Waals surface area contributed by atoms with Gasteiger partial charge in [0.1, 0.15) is 0 Å². The van der Waals surface area contributed by atoms with E-state index in [-0.39, 0.29) is 6.54 Å². The van der Waals surface area contributed by atoms with Crippen molar-refractivity contribution in [1.82, 2.24) is 9.97 Å². The summed E-state index contributed by atoms with van der Waals surface area (Å²) in [6.07, 6.45) is 3.20. The molecule has 70 valence electrons. The van der Waals surface area contributed by atoms with Gasteiger partial charge in [-0.15, -0.1) is 0 Å². The molecule has 0 aliphatic rings. The molecule has 1 N–H and O–H groups in total. The molecule has 1 aromatic heterocycles. The molecule has 6 nitrogen and oxygen atoms in total. The van der Waals surface area contributed by atoms with E-state index in [2.05, 4.69) is 37.2 Å². The first kappa shape index (κ1) is 9.84. The molecule has 0 saturated heterocycles. The molecule has 1 rings (SSSR count). The third-order valence-electron chi connectivity index (χ3n) is 1.32. The average Bonchev–Trinajstić information content (AvgIpc) is 2.25. The first-order valence-corrected chi connectivity index (χ1v) is 3.86. The van der Waals surface area contributed by atoms with Crippen LogP contribution in [-0.2, 0) is 0 Å². The Balaban J connectivity index is 2.66. The molecular formula is C8H8N6. The summed E-state index contributed by atoms with van der Waals surface area (Å²) in [4.78, 5) is 10.5. The summed E-state index contributed by atoms with van der Waals surface area (Å²) in [6, 6.07) is 0. The van der Waals surface area contributed by atoms with Crippen LogP contribution in [0.4, 0.5) is 5.95 Å². The van der Waals surface area contributed by atoms with Gasteiger partial charge in [0.15, 0.2) is 0 Å². The van der Waals surface area contributed by atoms with E-state index in [0.29, 0.717) is 11.5 Å². The lowest BCUT2D eigenvalue weighted by atomic mass is 10.3. The van der Waals surface area contributed by atoms with Gasteiger partial charge in [-0.25, -0.2) is 9.97 Å². The fraction of sp³-hybridized carbons (Fsp3) is 0.250. The second kappa shape index (κ2) is 5.41. The van der Waals surface area contributed by atoms with Gasteiger partial charge in [0.05, 0.1) is 12.1 Å². The highest BCUT2D eigenvalue weighted by atomic mass is 15.1. The Morgan fingerprint density at radius 3 is 2.86 bits per heavy atom. The topological polar surface area (TPSA) is 86.6 Å². The second-order valence-corrected chi connectivity index (χ2v) is 2.24. The van der Waals surface area contributed by atoms with E-state index < -0.39 is 0 Å². The van der Waals surface area contributed by atoms with E-state index >= 15 is 0 Å². The molecule has 14 heavy (non-hydrogen) atoms. The Labute approximate surface area is 81.0 Å². The Hall–Kier alpha value is -2.25. The summed E-state index contributed by atoms with van der Waals surface area (Å²) in [7, 11) is 1.74. The molecule has 0 bridgehead atoms. The maximum absolute atomic E-state index is 7.99. The Kier molecular flexibility index (Phi) is 3.80. The molecule has 0 atom stereocenters. The number of azide groups is 1. The van der Waals surface area contributed by atoms with Gasteiger partial charge in [-0.2, -0.15) is 0 Å². The van der Waals surface area contributed by atoms with Crippen LogP contribution in [-0.4, -0.2) is 23.6 Å². The Morgan fingerprint density at radius 1 is 1.57 bits per heavy atom. The number of rotatable bonds is 2. The quantitative estimate of drug-likeness (QED) is 0.327. The van der Waals surface area contributed by atoms with E-state index in [1.807, 2.05) is 0 Å². The molecule has 6 heteroatoms. The first-order chi connectivity index (χ1) is 6.86. The van der Waals surface area contributed by atoms with Crippen LogP contribution in [0.2, 0.25) is 0 Å². The third kappa shape index (κ3) is 3.01. The van der Waals surface area contributed by atoms with Crippen molar-refractivity contribution in [2.75, 3.05) is 18.9 Å².